The van der Waals surface area contributed by atoms with Crippen molar-refractivity contribution in [1.29, 1.82) is 0 Å². The summed E-state index contributed by atoms with van der Waals surface area (Å²) in [5, 5.41) is 3.38. The van der Waals surface area contributed by atoms with Gasteiger partial charge in [-0.1, -0.05) is 25.4 Å². The number of Topliss-reactive ketones (excluding diaryl/α,β-unsaturated/α-hetero) is 1. The molecule has 1 atom stereocenters. The number of aryl methyl sites for hydroxylation is 1. The minimum Gasteiger partial charge on any atom is -0.323 e. The Kier molecular flexibility index (Phi) is 5.59. The molecule has 2 heterocycles. The highest BCUT2D eigenvalue weighted by Gasteiger charge is 2.48. The molecule has 1 aromatic carbocycles. The van der Waals surface area contributed by atoms with Gasteiger partial charge >= 0.3 is 6.03 Å². The average molecular weight is 416 g/mol. The molecule has 154 valence electrons. The number of halogens is 1. The van der Waals surface area contributed by atoms with Crippen LogP contribution in [0.5, 0.6) is 0 Å². The van der Waals surface area contributed by atoms with Gasteiger partial charge in [0.15, 0.2) is 5.78 Å². The number of imide groups is 1. The number of aromatic nitrogens is 1. The number of nitrogens with one attached hydrogen (secondary N) is 1. The van der Waals surface area contributed by atoms with Crippen LogP contribution in [0, 0.1) is 19.8 Å². The minimum atomic E-state index is -0.967. The smallest absolute Gasteiger partial charge is 0.323 e. The van der Waals surface area contributed by atoms with Gasteiger partial charge in [-0.25, -0.2) is 4.79 Å². The summed E-state index contributed by atoms with van der Waals surface area (Å²) < 4.78 is 1.96. The molecule has 0 unspecified atom stereocenters. The van der Waals surface area contributed by atoms with E-state index in [1.165, 1.54) is 0 Å². The molecule has 0 bridgehead atoms. The fraction of sp³-hybridized carbons (Fsp3) is 0.409. The summed E-state index contributed by atoms with van der Waals surface area (Å²) in [5.41, 5.74) is 2.06. The van der Waals surface area contributed by atoms with Crippen LogP contribution in [-0.2, 0) is 4.79 Å². The average Bonchev–Trinajstić information content (AvgIpc) is 3.03. The van der Waals surface area contributed by atoms with Crippen LogP contribution in [0.2, 0.25) is 5.02 Å². The lowest BCUT2D eigenvalue weighted by atomic mass is 9.91. The van der Waals surface area contributed by atoms with Crippen molar-refractivity contribution in [3.8, 4) is 5.69 Å². The number of hydrogen-bond acceptors (Lipinski definition) is 3. The van der Waals surface area contributed by atoms with Crippen molar-refractivity contribution in [2.75, 3.05) is 6.54 Å². The van der Waals surface area contributed by atoms with E-state index >= 15 is 0 Å². The van der Waals surface area contributed by atoms with Crippen LogP contribution in [0.1, 0.15) is 48.9 Å². The summed E-state index contributed by atoms with van der Waals surface area (Å²) >= 11 is 5.97. The largest absolute Gasteiger partial charge is 0.325 e. The van der Waals surface area contributed by atoms with Crippen LogP contribution >= 0.6 is 11.6 Å². The summed E-state index contributed by atoms with van der Waals surface area (Å²) in [6.07, 6.45) is 0.521. The quantitative estimate of drug-likeness (QED) is 0.565. The number of urea groups is 1. The van der Waals surface area contributed by atoms with E-state index in [0.717, 1.165) is 22.0 Å². The number of amides is 3. The van der Waals surface area contributed by atoms with Crippen LogP contribution in [0.15, 0.2) is 30.3 Å². The summed E-state index contributed by atoms with van der Waals surface area (Å²) in [5.74, 6) is -0.384. The summed E-state index contributed by atoms with van der Waals surface area (Å²) in [6, 6.07) is 8.62. The molecular weight excluding hydrogens is 390 g/mol. The number of hydrogen-bond donors (Lipinski definition) is 1. The van der Waals surface area contributed by atoms with E-state index in [1.807, 2.05) is 44.4 Å². The highest BCUT2D eigenvalue weighted by Crippen LogP contribution is 2.27. The molecule has 1 saturated heterocycles. The van der Waals surface area contributed by atoms with Gasteiger partial charge in [0, 0.05) is 27.7 Å². The first-order valence-corrected chi connectivity index (χ1v) is 10.0. The van der Waals surface area contributed by atoms with Gasteiger partial charge in [-0.15, -0.1) is 0 Å². The molecule has 1 N–H and O–H groups in total. The standard InChI is InChI=1S/C22H26ClN3O3/c1-13(2)11-22(5)20(28)25(21(29)24-22)12-19(27)18-10-14(3)26(15(18)4)17-8-6-16(23)7-9-17/h6-10,13H,11-12H2,1-5H3,(H,24,29)/t22-/m0/s1. The van der Waals surface area contributed by atoms with Gasteiger partial charge < -0.3 is 9.88 Å². The predicted molar refractivity (Wildman–Crippen MR) is 113 cm³/mol. The van der Waals surface area contributed by atoms with Gasteiger partial charge in [-0.05, 0) is 63.4 Å². The molecule has 0 spiro atoms. The second kappa shape index (κ2) is 7.67. The van der Waals surface area contributed by atoms with Gasteiger partial charge in [0.1, 0.15) is 5.54 Å². The van der Waals surface area contributed by atoms with E-state index in [1.54, 1.807) is 25.1 Å². The Morgan fingerprint density at radius 2 is 1.79 bits per heavy atom. The second-order valence-corrected chi connectivity index (χ2v) is 8.71. The molecule has 0 saturated carbocycles. The highest BCUT2D eigenvalue weighted by atomic mass is 35.5. The lowest BCUT2D eigenvalue weighted by Crippen LogP contribution is -2.45. The van der Waals surface area contributed by atoms with Crippen molar-refractivity contribution in [2.24, 2.45) is 5.92 Å². The zero-order valence-corrected chi connectivity index (χ0v) is 18.1. The Morgan fingerprint density at radius 3 is 2.38 bits per heavy atom. The van der Waals surface area contributed by atoms with Gasteiger partial charge in [-0.3, -0.25) is 14.5 Å². The lowest BCUT2D eigenvalue weighted by Gasteiger charge is -2.23. The van der Waals surface area contributed by atoms with E-state index in [2.05, 4.69) is 5.32 Å². The van der Waals surface area contributed by atoms with E-state index < -0.39 is 11.6 Å². The topological polar surface area (TPSA) is 71.4 Å². The fourth-order valence-electron chi connectivity index (χ4n) is 4.11. The maximum atomic E-state index is 13.0. The minimum absolute atomic E-state index is 0.234. The van der Waals surface area contributed by atoms with Gasteiger partial charge in [0.2, 0.25) is 0 Å². The highest BCUT2D eigenvalue weighted by molar-refractivity contribution is 6.30. The van der Waals surface area contributed by atoms with Crippen LogP contribution in [0.3, 0.4) is 0 Å². The normalized spacial score (nSPS) is 19.2. The molecule has 2 aromatic rings. The molecular formula is C22H26ClN3O3. The van der Waals surface area contributed by atoms with Crippen LogP contribution < -0.4 is 5.32 Å². The maximum Gasteiger partial charge on any atom is 0.325 e. The Labute approximate surface area is 175 Å². The zero-order valence-electron chi connectivity index (χ0n) is 17.4. The van der Waals surface area contributed by atoms with Crippen LogP contribution in [-0.4, -0.2) is 39.3 Å². The summed E-state index contributed by atoms with van der Waals surface area (Å²) in [6.45, 7) is 9.18. The molecule has 1 aromatic heterocycles. The predicted octanol–water partition coefficient (Wildman–Crippen LogP) is 4.29. The first-order valence-electron chi connectivity index (χ1n) is 9.65. The molecule has 3 rings (SSSR count). The van der Waals surface area contributed by atoms with Crippen molar-refractivity contribution in [1.82, 2.24) is 14.8 Å². The number of benzene rings is 1. The molecule has 0 radical (unpaired) electrons. The zero-order chi connectivity index (χ0) is 21.5. The number of carbonyl (C=O) groups excluding carboxylic acids is 3. The second-order valence-electron chi connectivity index (χ2n) is 8.27. The Morgan fingerprint density at radius 1 is 1.17 bits per heavy atom. The summed E-state index contributed by atoms with van der Waals surface area (Å²) in [7, 11) is 0. The van der Waals surface area contributed by atoms with Crippen molar-refractivity contribution >= 4 is 29.3 Å². The van der Waals surface area contributed by atoms with E-state index in [-0.39, 0.29) is 24.2 Å². The van der Waals surface area contributed by atoms with Gasteiger partial charge in [0.05, 0.1) is 6.54 Å². The fourth-order valence-corrected chi connectivity index (χ4v) is 4.23. The Bertz CT molecular complexity index is 978. The van der Waals surface area contributed by atoms with E-state index in [9.17, 15) is 14.4 Å². The first-order chi connectivity index (χ1) is 13.5. The molecule has 29 heavy (non-hydrogen) atoms. The Balaban J connectivity index is 1.85. The number of carbonyl (C=O) groups is 3. The number of nitrogens with zero attached hydrogens (tertiary/aromatic N) is 2. The van der Waals surface area contributed by atoms with E-state index in [4.69, 9.17) is 11.6 Å². The van der Waals surface area contributed by atoms with Crippen LogP contribution in [0.4, 0.5) is 4.79 Å². The first kappa shape index (κ1) is 21.1. The lowest BCUT2D eigenvalue weighted by molar-refractivity contribution is -0.131. The SMILES string of the molecule is Cc1cc(C(=O)CN2C(=O)N[C@@](C)(CC(C)C)C2=O)c(C)n1-c1ccc(Cl)cc1. The molecule has 7 heteroatoms. The number of ketones is 1. The Hall–Kier alpha value is -2.60. The van der Waals surface area contributed by atoms with Gasteiger partial charge in [0.25, 0.3) is 5.91 Å². The third kappa shape index (κ3) is 3.94. The molecule has 0 aliphatic carbocycles. The van der Waals surface area contributed by atoms with Crippen molar-refractivity contribution in [2.45, 2.75) is 46.6 Å². The summed E-state index contributed by atoms with van der Waals surface area (Å²) in [4.78, 5) is 39.2. The monoisotopic (exact) mass is 415 g/mol. The van der Waals surface area contributed by atoms with E-state index in [0.29, 0.717) is 17.0 Å². The van der Waals surface area contributed by atoms with Crippen LogP contribution in [0.25, 0.3) is 5.69 Å². The molecule has 1 aliphatic rings. The molecule has 6 nitrogen and oxygen atoms in total. The molecule has 3 amide bonds. The van der Waals surface area contributed by atoms with Crippen molar-refractivity contribution in [3.05, 3.63) is 52.3 Å². The van der Waals surface area contributed by atoms with Crippen molar-refractivity contribution < 1.29 is 14.4 Å². The van der Waals surface area contributed by atoms with Gasteiger partial charge in [-0.2, -0.15) is 0 Å². The van der Waals surface area contributed by atoms with Crippen molar-refractivity contribution in [3.63, 3.8) is 0 Å². The third-order valence-electron chi connectivity index (χ3n) is 5.28. The molecule has 1 fully saturated rings. The number of rotatable bonds is 6. The molecule has 1 aliphatic heterocycles. The third-order valence-corrected chi connectivity index (χ3v) is 5.53. The maximum absolute atomic E-state index is 13.0.